The van der Waals surface area contributed by atoms with E-state index in [4.69, 9.17) is 4.99 Å². The van der Waals surface area contributed by atoms with Crippen LogP contribution in [0.4, 0.5) is 5.69 Å². The summed E-state index contributed by atoms with van der Waals surface area (Å²) in [5.41, 5.74) is 2.46. The van der Waals surface area contributed by atoms with Crippen LogP contribution >= 0.6 is 0 Å². The Morgan fingerprint density at radius 2 is 1.93 bits per heavy atom. The first-order chi connectivity index (χ1) is 7.33. The van der Waals surface area contributed by atoms with Gasteiger partial charge in [-0.2, -0.15) is 0 Å². The predicted octanol–water partition coefficient (Wildman–Crippen LogP) is 1.54. The molecule has 0 saturated heterocycles. The summed E-state index contributed by atoms with van der Waals surface area (Å²) in [4.78, 5) is 4.69. The Labute approximate surface area is 94.7 Å². The maximum absolute atomic E-state index is 4.69. The molecule has 2 heteroatoms. The summed E-state index contributed by atoms with van der Waals surface area (Å²) in [6.07, 6.45) is 0. The van der Waals surface area contributed by atoms with E-state index in [0.29, 0.717) is 0 Å². The van der Waals surface area contributed by atoms with Crippen molar-refractivity contribution in [1.82, 2.24) is 0 Å². The number of rotatable bonds is 0. The summed E-state index contributed by atoms with van der Waals surface area (Å²) in [6.45, 7) is 2.12. The van der Waals surface area contributed by atoms with Crippen LogP contribution < -0.4 is 9.71 Å². The average Bonchev–Trinajstić information content (AvgIpc) is 2.26. The second-order valence-electron chi connectivity index (χ2n) is 3.70. The van der Waals surface area contributed by atoms with E-state index in [2.05, 4.69) is 49.4 Å². The van der Waals surface area contributed by atoms with Crippen LogP contribution in [0.15, 0.2) is 47.5 Å². The van der Waals surface area contributed by atoms with Crippen LogP contribution in [-0.2, 0) is 0 Å². The van der Waals surface area contributed by atoms with E-state index in [0.717, 1.165) is 5.36 Å². The van der Waals surface area contributed by atoms with Gasteiger partial charge in [0, 0.05) is 0 Å². The molecule has 0 unspecified atom stereocenters. The van der Waals surface area contributed by atoms with Gasteiger partial charge in [0.15, 0.2) is 0 Å². The van der Waals surface area contributed by atoms with E-state index < -0.39 is 0 Å². The van der Waals surface area contributed by atoms with Crippen LogP contribution in [0.25, 0.3) is 0 Å². The van der Waals surface area contributed by atoms with E-state index in [1.54, 1.807) is 0 Å². The number of benzene rings is 2. The molecule has 72 valence electrons. The number of para-hydroxylation sites is 1. The van der Waals surface area contributed by atoms with Gasteiger partial charge in [-0.15, -0.1) is 0 Å². The second kappa shape index (κ2) is 3.43. The molecular weight excluding hydrogens is 245 g/mol. The second-order valence-corrected chi connectivity index (χ2v) is 6.20. The Balaban J connectivity index is 2.37. The van der Waals surface area contributed by atoms with E-state index >= 15 is 0 Å². The molecular formula is C13H10AsN. The Hall–Kier alpha value is -1.20. The standard InChI is InChI=1S/C13H10AsN/c1-9-6-7-11-13(8-9)15-12-5-3-2-4-10(12)14-11/h2-8H,1H3. The topological polar surface area (TPSA) is 12.4 Å². The van der Waals surface area contributed by atoms with Crippen LogP contribution in [-0.4, -0.2) is 15.3 Å². The van der Waals surface area contributed by atoms with Crippen molar-refractivity contribution in [3.63, 3.8) is 0 Å². The molecule has 0 amide bonds. The Morgan fingerprint density at radius 1 is 1.07 bits per heavy atom. The van der Waals surface area contributed by atoms with Crippen molar-refractivity contribution in [2.45, 2.75) is 6.92 Å². The molecule has 2 aromatic rings. The summed E-state index contributed by atoms with van der Waals surface area (Å²) in [5, 5.41) is 1.16. The van der Waals surface area contributed by atoms with Crippen LogP contribution in [0.3, 0.4) is 0 Å². The number of hydrogen-bond acceptors (Lipinski definition) is 1. The van der Waals surface area contributed by atoms with E-state index in [9.17, 15) is 0 Å². The molecule has 0 spiro atoms. The maximum atomic E-state index is 4.69. The summed E-state index contributed by atoms with van der Waals surface area (Å²) < 4.78 is 2.85. The minimum atomic E-state index is 0.122. The summed E-state index contributed by atoms with van der Waals surface area (Å²) in [7, 11) is 0. The fourth-order valence-corrected chi connectivity index (χ4v) is 3.91. The summed E-state index contributed by atoms with van der Waals surface area (Å²) in [5.74, 6) is 0. The number of fused-ring (bicyclic) bond motifs is 2. The molecule has 0 N–H and O–H groups in total. The molecule has 0 aromatic heterocycles. The normalized spacial score (nSPS) is 13.1. The third-order valence-corrected chi connectivity index (χ3v) is 5.09. The van der Waals surface area contributed by atoms with Crippen LogP contribution in [0.5, 0.6) is 0 Å². The van der Waals surface area contributed by atoms with Crippen molar-refractivity contribution < 1.29 is 0 Å². The predicted molar refractivity (Wildman–Crippen MR) is 62.7 cm³/mol. The summed E-state index contributed by atoms with van der Waals surface area (Å²) >= 11 is 0.122. The first-order valence-electron chi connectivity index (χ1n) is 4.96. The Morgan fingerprint density at radius 3 is 2.87 bits per heavy atom. The molecule has 0 radical (unpaired) electrons. The van der Waals surface area contributed by atoms with Gasteiger partial charge in [-0.3, -0.25) is 0 Å². The quantitative estimate of drug-likeness (QED) is 0.540. The van der Waals surface area contributed by atoms with Gasteiger partial charge in [0.05, 0.1) is 0 Å². The van der Waals surface area contributed by atoms with Gasteiger partial charge in [-0.05, 0) is 0 Å². The van der Waals surface area contributed by atoms with Gasteiger partial charge in [0.2, 0.25) is 0 Å². The molecule has 0 bridgehead atoms. The zero-order valence-electron chi connectivity index (χ0n) is 8.44. The fraction of sp³-hybridized carbons (Fsp3) is 0.0769. The number of nitrogens with zero attached hydrogens (tertiary/aromatic N) is 1. The first kappa shape index (κ1) is 9.06. The molecule has 3 rings (SSSR count). The average molecular weight is 255 g/mol. The molecule has 0 aliphatic carbocycles. The zero-order chi connectivity index (χ0) is 10.3. The van der Waals surface area contributed by atoms with Crippen molar-refractivity contribution in [3.8, 4) is 0 Å². The minimum absolute atomic E-state index is 0.122. The van der Waals surface area contributed by atoms with E-state index in [-0.39, 0.29) is 15.3 Å². The molecule has 15 heavy (non-hydrogen) atoms. The molecule has 2 aromatic carbocycles. The molecule has 0 fully saturated rings. The van der Waals surface area contributed by atoms with Crippen molar-refractivity contribution >= 4 is 25.3 Å². The van der Waals surface area contributed by atoms with Crippen LogP contribution in [0.1, 0.15) is 5.56 Å². The van der Waals surface area contributed by atoms with Crippen molar-refractivity contribution in [3.05, 3.63) is 57.3 Å². The molecule has 1 nitrogen and oxygen atoms in total. The van der Waals surface area contributed by atoms with Crippen LogP contribution in [0.2, 0.25) is 0 Å². The van der Waals surface area contributed by atoms with Gasteiger partial charge >= 0.3 is 94.6 Å². The van der Waals surface area contributed by atoms with Crippen LogP contribution in [0, 0.1) is 10.9 Å². The fourth-order valence-electron chi connectivity index (χ4n) is 1.73. The third kappa shape index (κ3) is 1.57. The van der Waals surface area contributed by atoms with Gasteiger partial charge in [-0.1, -0.05) is 0 Å². The van der Waals surface area contributed by atoms with Gasteiger partial charge in [0.25, 0.3) is 0 Å². The SMILES string of the molecule is Cc1ccc2c(c1)N=c1ccccc1=[As]2. The monoisotopic (exact) mass is 255 g/mol. The van der Waals surface area contributed by atoms with Crippen molar-refractivity contribution in [1.29, 1.82) is 0 Å². The summed E-state index contributed by atoms with van der Waals surface area (Å²) in [6, 6.07) is 15.0. The van der Waals surface area contributed by atoms with E-state index in [1.807, 2.05) is 0 Å². The Kier molecular flexibility index (Phi) is 2.07. The number of hydrogen-bond donors (Lipinski definition) is 0. The zero-order valence-corrected chi connectivity index (χ0v) is 10.3. The number of aryl methyl sites for hydroxylation is 1. The van der Waals surface area contributed by atoms with Gasteiger partial charge < -0.3 is 0 Å². The van der Waals surface area contributed by atoms with E-state index in [1.165, 1.54) is 19.6 Å². The molecule has 1 aliphatic rings. The molecule has 0 saturated carbocycles. The molecule has 0 atom stereocenters. The van der Waals surface area contributed by atoms with Gasteiger partial charge in [0.1, 0.15) is 0 Å². The molecule has 1 aliphatic heterocycles. The third-order valence-electron chi connectivity index (χ3n) is 2.49. The van der Waals surface area contributed by atoms with Crippen molar-refractivity contribution in [2.24, 2.45) is 4.99 Å². The Bertz CT molecular complexity index is 644. The molecule has 1 heterocycles. The van der Waals surface area contributed by atoms with Crippen molar-refractivity contribution in [2.75, 3.05) is 0 Å². The van der Waals surface area contributed by atoms with Gasteiger partial charge in [-0.25, -0.2) is 0 Å². The first-order valence-corrected chi connectivity index (χ1v) is 6.84.